The third kappa shape index (κ3) is 4.17. The van der Waals surface area contributed by atoms with Crippen molar-refractivity contribution in [2.24, 2.45) is 0 Å². The van der Waals surface area contributed by atoms with Gasteiger partial charge in [-0.25, -0.2) is 0 Å². The van der Waals surface area contributed by atoms with Gasteiger partial charge in [0.05, 0.1) is 0 Å². The predicted octanol–water partition coefficient (Wildman–Crippen LogP) is 2.99. The summed E-state index contributed by atoms with van der Waals surface area (Å²) in [5.41, 5.74) is 7.62. The van der Waals surface area contributed by atoms with Crippen molar-refractivity contribution in [1.29, 1.82) is 0 Å². The summed E-state index contributed by atoms with van der Waals surface area (Å²) >= 11 is 1.91. The standard InChI is InChI=1S/C16H24N2OS/c1-20-16(9-2-3-10-16)12-18-15(19)8-7-13-5-4-6-14(17)11-13/h4-6,11H,2-3,7-10,12,17H2,1H3,(H,18,19). The van der Waals surface area contributed by atoms with E-state index in [1.54, 1.807) is 0 Å². The maximum absolute atomic E-state index is 12.0. The van der Waals surface area contributed by atoms with Crippen molar-refractivity contribution in [2.45, 2.75) is 43.3 Å². The molecular formula is C16H24N2OS. The summed E-state index contributed by atoms with van der Waals surface area (Å²) in [5.74, 6) is 0.146. The van der Waals surface area contributed by atoms with Crippen LogP contribution in [0, 0.1) is 0 Å². The molecule has 0 spiro atoms. The topological polar surface area (TPSA) is 55.1 Å². The summed E-state index contributed by atoms with van der Waals surface area (Å²) < 4.78 is 0.285. The van der Waals surface area contributed by atoms with Gasteiger partial charge in [0.2, 0.25) is 5.91 Å². The number of hydrogen-bond donors (Lipinski definition) is 2. The molecule has 1 aromatic carbocycles. The number of nitrogen functional groups attached to an aromatic ring is 1. The number of aryl methyl sites for hydroxylation is 1. The first-order chi connectivity index (χ1) is 9.63. The van der Waals surface area contributed by atoms with Gasteiger partial charge in [-0.15, -0.1) is 0 Å². The average Bonchev–Trinajstić information content (AvgIpc) is 2.92. The number of benzene rings is 1. The number of rotatable bonds is 6. The highest BCUT2D eigenvalue weighted by Gasteiger charge is 2.32. The number of nitrogens with two attached hydrogens (primary N) is 1. The normalized spacial score (nSPS) is 17.1. The van der Waals surface area contributed by atoms with Crippen molar-refractivity contribution < 1.29 is 4.79 Å². The van der Waals surface area contributed by atoms with Crippen molar-refractivity contribution in [3.63, 3.8) is 0 Å². The largest absolute Gasteiger partial charge is 0.399 e. The summed E-state index contributed by atoms with van der Waals surface area (Å²) in [6.45, 7) is 0.809. The minimum absolute atomic E-state index is 0.146. The quantitative estimate of drug-likeness (QED) is 0.793. The Balaban J connectivity index is 1.75. The van der Waals surface area contributed by atoms with Gasteiger partial charge in [0.1, 0.15) is 0 Å². The van der Waals surface area contributed by atoms with E-state index in [1.165, 1.54) is 25.7 Å². The van der Waals surface area contributed by atoms with Gasteiger partial charge >= 0.3 is 0 Å². The molecule has 0 unspecified atom stereocenters. The van der Waals surface area contributed by atoms with E-state index in [1.807, 2.05) is 36.0 Å². The lowest BCUT2D eigenvalue weighted by atomic mass is 10.1. The fourth-order valence-corrected chi connectivity index (χ4v) is 3.74. The van der Waals surface area contributed by atoms with Gasteiger partial charge in [-0.2, -0.15) is 11.8 Å². The van der Waals surface area contributed by atoms with Gasteiger partial charge in [-0.3, -0.25) is 4.79 Å². The van der Waals surface area contributed by atoms with E-state index in [0.29, 0.717) is 6.42 Å². The highest BCUT2D eigenvalue weighted by Crippen LogP contribution is 2.39. The Labute approximate surface area is 125 Å². The number of carbonyl (C=O) groups excluding carboxylic acids is 1. The summed E-state index contributed by atoms with van der Waals surface area (Å²) in [5, 5.41) is 3.11. The second-order valence-electron chi connectivity index (χ2n) is 5.62. The summed E-state index contributed by atoms with van der Waals surface area (Å²) in [6, 6.07) is 7.76. The summed E-state index contributed by atoms with van der Waals surface area (Å²) in [4.78, 5) is 12.0. The van der Waals surface area contributed by atoms with E-state index in [-0.39, 0.29) is 10.7 Å². The monoisotopic (exact) mass is 292 g/mol. The van der Waals surface area contributed by atoms with E-state index in [2.05, 4.69) is 11.6 Å². The van der Waals surface area contributed by atoms with Gasteiger partial charge in [-0.05, 0) is 43.2 Å². The molecule has 0 aromatic heterocycles. The van der Waals surface area contributed by atoms with Crippen LogP contribution in [0.15, 0.2) is 24.3 Å². The molecule has 1 aliphatic rings. The highest BCUT2D eigenvalue weighted by molar-refractivity contribution is 8.00. The van der Waals surface area contributed by atoms with Crippen LogP contribution in [-0.4, -0.2) is 23.5 Å². The van der Waals surface area contributed by atoms with Crippen LogP contribution in [-0.2, 0) is 11.2 Å². The molecule has 0 radical (unpaired) electrons. The van der Waals surface area contributed by atoms with Crippen LogP contribution >= 0.6 is 11.8 Å². The van der Waals surface area contributed by atoms with Crippen LogP contribution in [0.5, 0.6) is 0 Å². The average molecular weight is 292 g/mol. The molecule has 110 valence electrons. The lowest BCUT2D eigenvalue weighted by Gasteiger charge is -2.26. The van der Waals surface area contributed by atoms with Crippen molar-refractivity contribution in [1.82, 2.24) is 5.32 Å². The molecule has 0 bridgehead atoms. The van der Waals surface area contributed by atoms with Crippen LogP contribution in [0.3, 0.4) is 0 Å². The Kier molecular flexibility index (Phi) is 5.35. The maximum atomic E-state index is 12.0. The predicted molar refractivity (Wildman–Crippen MR) is 86.9 cm³/mol. The lowest BCUT2D eigenvalue weighted by molar-refractivity contribution is -0.121. The van der Waals surface area contributed by atoms with Crippen LogP contribution < -0.4 is 11.1 Å². The maximum Gasteiger partial charge on any atom is 0.220 e. The minimum Gasteiger partial charge on any atom is -0.399 e. The molecule has 0 atom stereocenters. The first-order valence-corrected chi connectivity index (χ1v) is 8.52. The molecule has 3 N–H and O–H groups in total. The van der Waals surface area contributed by atoms with E-state index < -0.39 is 0 Å². The first-order valence-electron chi connectivity index (χ1n) is 7.30. The van der Waals surface area contributed by atoms with Crippen molar-refractivity contribution in [3.05, 3.63) is 29.8 Å². The van der Waals surface area contributed by atoms with Crippen LogP contribution in [0.4, 0.5) is 5.69 Å². The second-order valence-corrected chi connectivity index (χ2v) is 6.89. The Morgan fingerprint density at radius 2 is 2.15 bits per heavy atom. The Hall–Kier alpha value is -1.16. The first kappa shape index (κ1) is 15.2. The molecular weight excluding hydrogens is 268 g/mol. The van der Waals surface area contributed by atoms with Crippen LogP contribution in [0.1, 0.15) is 37.7 Å². The molecule has 20 heavy (non-hydrogen) atoms. The summed E-state index contributed by atoms with van der Waals surface area (Å²) in [6.07, 6.45) is 8.48. The molecule has 2 rings (SSSR count). The van der Waals surface area contributed by atoms with E-state index in [0.717, 1.165) is 24.2 Å². The van der Waals surface area contributed by atoms with Crippen molar-refractivity contribution in [2.75, 3.05) is 18.5 Å². The smallest absolute Gasteiger partial charge is 0.220 e. The SMILES string of the molecule is CSC1(CNC(=O)CCc2cccc(N)c2)CCCC1. The molecule has 1 saturated carbocycles. The Morgan fingerprint density at radius 1 is 1.40 bits per heavy atom. The third-order valence-electron chi connectivity index (χ3n) is 4.15. The number of thioether (sulfide) groups is 1. The molecule has 1 aromatic rings. The molecule has 0 saturated heterocycles. The Morgan fingerprint density at radius 3 is 2.80 bits per heavy atom. The minimum atomic E-state index is 0.146. The zero-order valence-corrected chi connectivity index (χ0v) is 13.0. The fourth-order valence-electron chi connectivity index (χ4n) is 2.83. The van der Waals surface area contributed by atoms with Crippen molar-refractivity contribution >= 4 is 23.4 Å². The fraction of sp³-hybridized carbons (Fsp3) is 0.562. The number of carbonyl (C=O) groups is 1. The molecule has 1 amide bonds. The van der Waals surface area contributed by atoms with Gasteiger partial charge in [0.25, 0.3) is 0 Å². The van der Waals surface area contributed by atoms with Gasteiger partial charge < -0.3 is 11.1 Å². The molecule has 4 heteroatoms. The van der Waals surface area contributed by atoms with Gasteiger partial charge in [0, 0.05) is 23.4 Å². The third-order valence-corrected chi connectivity index (χ3v) is 5.57. The second kappa shape index (κ2) is 7.02. The molecule has 0 heterocycles. The van der Waals surface area contributed by atoms with Crippen LogP contribution in [0.2, 0.25) is 0 Å². The van der Waals surface area contributed by atoms with E-state index >= 15 is 0 Å². The zero-order valence-electron chi connectivity index (χ0n) is 12.2. The molecule has 1 aliphatic carbocycles. The van der Waals surface area contributed by atoms with E-state index in [9.17, 15) is 4.79 Å². The number of hydrogen-bond acceptors (Lipinski definition) is 3. The number of nitrogens with one attached hydrogen (secondary N) is 1. The highest BCUT2D eigenvalue weighted by atomic mass is 32.2. The van der Waals surface area contributed by atoms with Gasteiger partial charge in [-0.1, -0.05) is 25.0 Å². The number of amides is 1. The zero-order chi connectivity index (χ0) is 14.4. The van der Waals surface area contributed by atoms with E-state index in [4.69, 9.17) is 5.73 Å². The molecule has 3 nitrogen and oxygen atoms in total. The van der Waals surface area contributed by atoms with Gasteiger partial charge in [0.15, 0.2) is 0 Å². The lowest BCUT2D eigenvalue weighted by Crippen LogP contribution is -2.38. The number of anilines is 1. The molecule has 0 aliphatic heterocycles. The summed E-state index contributed by atoms with van der Waals surface area (Å²) in [7, 11) is 0. The Bertz CT molecular complexity index is 456. The van der Waals surface area contributed by atoms with Crippen molar-refractivity contribution in [3.8, 4) is 0 Å². The molecule has 1 fully saturated rings. The van der Waals surface area contributed by atoms with Crippen LogP contribution in [0.25, 0.3) is 0 Å².